The van der Waals surface area contributed by atoms with Crippen molar-refractivity contribution in [1.82, 2.24) is 10.6 Å². The molecule has 0 spiro atoms. The molecule has 1 aromatic rings. The van der Waals surface area contributed by atoms with E-state index in [0.717, 1.165) is 0 Å². The summed E-state index contributed by atoms with van der Waals surface area (Å²) in [5.41, 5.74) is -0.243. The summed E-state index contributed by atoms with van der Waals surface area (Å²) in [6.07, 6.45) is 0.187. The van der Waals surface area contributed by atoms with Gasteiger partial charge < -0.3 is 15.2 Å². The molecule has 1 aromatic carbocycles. The number of rotatable bonds is 5. The number of benzene rings is 1. The number of carbonyl (C=O) groups excluding carboxylic acids is 1. The highest BCUT2D eigenvalue weighted by atomic mass is 35.5. The Morgan fingerprint density at radius 2 is 2.04 bits per heavy atom. The maximum absolute atomic E-state index is 12.1. The number of hydrogen-bond donors (Lipinski definition) is 3. The maximum atomic E-state index is 12.1. The van der Waals surface area contributed by atoms with Crippen LogP contribution in [0.25, 0.3) is 0 Å². The van der Waals surface area contributed by atoms with Crippen LogP contribution in [0.5, 0.6) is 0 Å². The summed E-state index contributed by atoms with van der Waals surface area (Å²) in [6.45, 7) is 1.99. The fraction of sp³-hybridized carbons (Fsp3) is 0.500. The van der Waals surface area contributed by atoms with Crippen molar-refractivity contribution < 1.29 is 19.4 Å². The summed E-state index contributed by atoms with van der Waals surface area (Å²) in [5, 5.41) is 16.4. The highest BCUT2D eigenvalue weighted by Gasteiger charge is 2.41. The van der Waals surface area contributed by atoms with E-state index < -0.39 is 17.6 Å². The van der Waals surface area contributed by atoms with E-state index in [2.05, 4.69) is 10.6 Å². The van der Waals surface area contributed by atoms with Gasteiger partial charge in [-0.2, -0.15) is 0 Å². The molecule has 0 radical (unpaired) electrons. The normalized spacial score (nSPS) is 23.1. The van der Waals surface area contributed by atoms with E-state index in [9.17, 15) is 14.7 Å². The van der Waals surface area contributed by atoms with Crippen LogP contribution in [0.2, 0.25) is 5.02 Å². The highest BCUT2D eigenvalue weighted by Crippen LogP contribution is 2.24. The van der Waals surface area contributed by atoms with E-state index in [1.165, 1.54) is 4.90 Å². The highest BCUT2D eigenvalue weighted by molar-refractivity contribution is 6.30. The number of nitrogens with zero attached hydrogens (tertiary/aromatic N) is 1. The molecule has 1 amide bonds. The average molecular weight is 354 g/mol. The molecule has 24 heavy (non-hydrogen) atoms. The Hall–Kier alpha value is -1.83. The predicted octanol–water partition coefficient (Wildman–Crippen LogP) is 1.46. The molecule has 7 nitrogen and oxygen atoms in total. The Bertz CT molecular complexity index is 616. The van der Waals surface area contributed by atoms with Gasteiger partial charge in [-0.15, -0.1) is 0 Å². The third-order valence-corrected chi connectivity index (χ3v) is 4.80. The zero-order valence-electron chi connectivity index (χ0n) is 13.1. The molecule has 0 bridgehead atoms. The van der Waals surface area contributed by atoms with Crippen LogP contribution >= 0.6 is 11.6 Å². The minimum Gasteiger partial charge on any atom is -0.480 e. The molecule has 130 valence electrons. The Labute approximate surface area is 144 Å². The van der Waals surface area contributed by atoms with Crippen LogP contribution in [0.4, 0.5) is 10.5 Å². The molecule has 2 heterocycles. The van der Waals surface area contributed by atoms with Crippen LogP contribution in [0.1, 0.15) is 12.8 Å². The number of cyclic esters (lactones) is 1. The van der Waals surface area contributed by atoms with Crippen LogP contribution in [0.3, 0.4) is 0 Å². The van der Waals surface area contributed by atoms with E-state index in [4.69, 9.17) is 16.3 Å². The zero-order valence-corrected chi connectivity index (χ0v) is 13.9. The average Bonchev–Trinajstić information content (AvgIpc) is 2.95. The molecule has 2 aliphatic rings. The molecular weight excluding hydrogens is 334 g/mol. The van der Waals surface area contributed by atoms with Crippen molar-refractivity contribution in [3.63, 3.8) is 0 Å². The number of halogens is 1. The van der Waals surface area contributed by atoms with Gasteiger partial charge in [0.05, 0.1) is 6.54 Å². The monoisotopic (exact) mass is 353 g/mol. The molecule has 1 unspecified atom stereocenters. The number of nitrogens with one attached hydrogen (secondary N) is 2. The molecule has 1 atom stereocenters. The van der Waals surface area contributed by atoms with Gasteiger partial charge in [-0.05, 0) is 50.2 Å². The van der Waals surface area contributed by atoms with Crippen LogP contribution in [-0.4, -0.2) is 55.0 Å². The predicted molar refractivity (Wildman–Crippen MR) is 89.5 cm³/mol. The van der Waals surface area contributed by atoms with Gasteiger partial charge >= 0.3 is 12.1 Å². The number of carboxylic acids is 1. The third kappa shape index (κ3) is 3.48. The molecule has 0 aromatic heterocycles. The van der Waals surface area contributed by atoms with Crippen molar-refractivity contribution in [3.8, 4) is 0 Å². The second-order valence-corrected chi connectivity index (χ2v) is 6.55. The van der Waals surface area contributed by atoms with Gasteiger partial charge in [-0.3, -0.25) is 15.0 Å². The Morgan fingerprint density at radius 3 is 2.67 bits per heavy atom. The number of aliphatic carboxylic acids is 1. The number of amides is 1. The minimum atomic E-state index is -0.953. The number of hydrogen-bond acceptors (Lipinski definition) is 5. The fourth-order valence-corrected chi connectivity index (χ4v) is 3.21. The van der Waals surface area contributed by atoms with Crippen LogP contribution in [0.15, 0.2) is 24.3 Å². The largest absolute Gasteiger partial charge is 0.480 e. The van der Waals surface area contributed by atoms with Gasteiger partial charge in [0.15, 0.2) is 0 Å². The standard InChI is InChI=1S/C16H20ClN3O4/c17-11-1-3-12(4-2-11)20-10-13(24-15(20)23)9-19-16(14(21)22)5-7-18-8-6-16/h1-4,13,18-19H,5-10H2,(H,21,22). The molecule has 2 aliphatic heterocycles. The van der Waals surface area contributed by atoms with Crippen molar-refractivity contribution in [2.45, 2.75) is 24.5 Å². The number of ether oxygens (including phenoxy) is 1. The van der Waals surface area contributed by atoms with Crippen molar-refractivity contribution in [2.75, 3.05) is 31.1 Å². The van der Waals surface area contributed by atoms with Gasteiger partial charge in [0.2, 0.25) is 0 Å². The van der Waals surface area contributed by atoms with Crippen molar-refractivity contribution in [2.24, 2.45) is 0 Å². The molecule has 0 aliphatic carbocycles. The Morgan fingerprint density at radius 1 is 1.38 bits per heavy atom. The number of carbonyl (C=O) groups is 2. The van der Waals surface area contributed by atoms with Crippen molar-refractivity contribution in [1.29, 1.82) is 0 Å². The molecular formula is C16H20ClN3O4. The lowest BCUT2D eigenvalue weighted by atomic mass is 9.88. The first-order valence-electron chi connectivity index (χ1n) is 7.93. The van der Waals surface area contributed by atoms with Gasteiger partial charge in [-0.1, -0.05) is 11.6 Å². The van der Waals surface area contributed by atoms with E-state index in [-0.39, 0.29) is 6.10 Å². The molecule has 3 rings (SSSR count). The molecule has 0 saturated carbocycles. The number of anilines is 1. The number of piperidine rings is 1. The van der Waals surface area contributed by atoms with E-state index in [1.807, 2.05) is 0 Å². The fourth-order valence-electron chi connectivity index (χ4n) is 3.09. The van der Waals surface area contributed by atoms with Crippen LogP contribution in [-0.2, 0) is 9.53 Å². The van der Waals surface area contributed by atoms with Gasteiger partial charge in [-0.25, -0.2) is 4.79 Å². The topological polar surface area (TPSA) is 90.9 Å². The van der Waals surface area contributed by atoms with Crippen LogP contribution < -0.4 is 15.5 Å². The molecule has 2 saturated heterocycles. The van der Waals surface area contributed by atoms with Gasteiger partial charge in [0.1, 0.15) is 11.6 Å². The Balaban J connectivity index is 1.61. The minimum absolute atomic E-state index is 0.308. The molecule has 8 heteroatoms. The van der Waals surface area contributed by atoms with Gasteiger partial charge in [0.25, 0.3) is 0 Å². The Kier molecular flexibility index (Phi) is 4.93. The quantitative estimate of drug-likeness (QED) is 0.742. The van der Waals surface area contributed by atoms with Gasteiger partial charge in [0, 0.05) is 17.3 Å². The first-order chi connectivity index (χ1) is 11.5. The first-order valence-corrected chi connectivity index (χ1v) is 8.31. The summed E-state index contributed by atoms with van der Waals surface area (Å²) in [6, 6.07) is 6.93. The first kappa shape index (κ1) is 17.0. The SMILES string of the molecule is O=C1OC(CNC2(C(=O)O)CCNCC2)CN1c1ccc(Cl)cc1. The molecule has 3 N–H and O–H groups in total. The number of carboxylic acid groups (broad SMARTS) is 1. The van der Waals surface area contributed by atoms with Crippen molar-refractivity contribution in [3.05, 3.63) is 29.3 Å². The molecule has 2 fully saturated rings. The summed E-state index contributed by atoms with van der Waals surface area (Å²) < 4.78 is 5.36. The lowest BCUT2D eigenvalue weighted by molar-refractivity contribution is -0.146. The maximum Gasteiger partial charge on any atom is 0.414 e. The summed E-state index contributed by atoms with van der Waals surface area (Å²) in [5.74, 6) is -0.858. The second-order valence-electron chi connectivity index (χ2n) is 6.11. The van der Waals surface area contributed by atoms with Crippen molar-refractivity contribution >= 4 is 29.4 Å². The lowest BCUT2D eigenvalue weighted by Crippen LogP contribution is -2.59. The summed E-state index contributed by atoms with van der Waals surface area (Å²) in [7, 11) is 0. The van der Waals surface area contributed by atoms with E-state index in [0.29, 0.717) is 49.7 Å². The van der Waals surface area contributed by atoms with Crippen LogP contribution in [0, 0.1) is 0 Å². The second kappa shape index (κ2) is 6.96. The summed E-state index contributed by atoms with van der Waals surface area (Å²) >= 11 is 5.86. The van der Waals surface area contributed by atoms with E-state index in [1.54, 1.807) is 24.3 Å². The lowest BCUT2D eigenvalue weighted by Gasteiger charge is -2.35. The summed E-state index contributed by atoms with van der Waals surface area (Å²) in [4.78, 5) is 25.2. The smallest absolute Gasteiger partial charge is 0.414 e. The zero-order chi connectivity index (χ0) is 17.2. The third-order valence-electron chi connectivity index (χ3n) is 4.55. The van der Waals surface area contributed by atoms with E-state index >= 15 is 0 Å².